The quantitative estimate of drug-likeness (QED) is 0.702. The molecule has 1 aromatic carbocycles. The van der Waals surface area contributed by atoms with Gasteiger partial charge in [0.2, 0.25) is 0 Å². The molecule has 3 heteroatoms. The number of phenolic OH excluding ortho intramolecular Hbond substituents is 1. The van der Waals surface area contributed by atoms with Crippen LogP contribution in [0.3, 0.4) is 0 Å². The molecule has 1 aromatic rings. The molecule has 0 amide bonds. The topological polar surface area (TPSA) is 40.5 Å². The Kier molecular flexibility index (Phi) is 2.56. The van der Waals surface area contributed by atoms with Crippen molar-refractivity contribution in [2.75, 3.05) is 19.0 Å². The predicted molar refractivity (Wildman–Crippen MR) is 52.4 cm³/mol. The lowest BCUT2D eigenvalue weighted by Gasteiger charge is -2.14. The molecular formula is C10H13NO2. The van der Waals surface area contributed by atoms with E-state index >= 15 is 0 Å². The first-order chi connectivity index (χ1) is 6.02. The summed E-state index contributed by atoms with van der Waals surface area (Å²) in [5.41, 5.74) is 1.24. The Hall–Kier alpha value is -1.51. The molecule has 70 valence electrons. The number of ketones is 1. The van der Waals surface area contributed by atoms with Crippen molar-refractivity contribution >= 4 is 11.5 Å². The highest BCUT2D eigenvalue weighted by Gasteiger charge is 2.06. The summed E-state index contributed by atoms with van der Waals surface area (Å²) in [6.45, 7) is 1.48. The summed E-state index contributed by atoms with van der Waals surface area (Å²) in [5, 5.41) is 9.52. The Morgan fingerprint density at radius 3 is 2.38 bits per heavy atom. The Labute approximate surface area is 77.6 Å². The number of nitrogens with zero attached hydrogens (tertiary/aromatic N) is 1. The van der Waals surface area contributed by atoms with E-state index in [4.69, 9.17) is 0 Å². The number of carbonyl (C=O) groups excluding carboxylic acids is 1. The highest BCUT2D eigenvalue weighted by Crippen LogP contribution is 2.26. The Bertz CT molecular complexity index is 332. The van der Waals surface area contributed by atoms with E-state index in [9.17, 15) is 9.90 Å². The molecule has 0 bridgehead atoms. The van der Waals surface area contributed by atoms with Gasteiger partial charge in [-0.2, -0.15) is 0 Å². The molecule has 0 saturated heterocycles. The van der Waals surface area contributed by atoms with Crippen LogP contribution in [0.5, 0.6) is 5.75 Å². The maximum Gasteiger partial charge on any atom is 0.159 e. The molecule has 0 aliphatic carbocycles. The summed E-state index contributed by atoms with van der Waals surface area (Å²) in [4.78, 5) is 12.7. The van der Waals surface area contributed by atoms with E-state index in [1.807, 2.05) is 14.1 Å². The van der Waals surface area contributed by atoms with Gasteiger partial charge in [0.25, 0.3) is 0 Å². The van der Waals surface area contributed by atoms with Gasteiger partial charge in [-0.15, -0.1) is 0 Å². The monoisotopic (exact) mass is 179 g/mol. The molecule has 0 aliphatic heterocycles. The van der Waals surface area contributed by atoms with Crippen LogP contribution in [0.1, 0.15) is 17.3 Å². The number of carbonyl (C=O) groups is 1. The summed E-state index contributed by atoms with van der Waals surface area (Å²) in [6, 6.07) is 4.92. The van der Waals surface area contributed by atoms with Crippen molar-refractivity contribution in [1.82, 2.24) is 0 Å². The molecular weight excluding hydrogens is 166 g/mol. The van der Waals surface area contributed by atoms with Crippen molar-refractivity contribution in [3.8, 4) is 5.75 Å². The van der Waals surface area contributed by atoms with Crippen LogP contribution >= 0.6 is 0 Å². The maximum atomic E-state index is 11.0. The fourth-order valence-corrected chi connectivity index (χ4v) is 1.12. The Morgan fingerprint density at radius 1 is 1.38 bits per heavy atom. The van der Waals surface area contributed by atoms with Gasteiger partial charge in [-0.3, -0.25) is 4.79 Å². The summed E-state index contributed by atoms with van der Waals surface area (Å²) < 4.78 is 0. The van der Waals surface area contributed by atoms with Crippen molar-refractivity contribution in [3.05, 3.63) is 23.8 Å². The molecule has 13 heavy (non-hydrogen) atoms. The molecule has 0 unspecified atom stereocenters. The molecule has 0 heterocycles. The van der Waals surface area contributed by atoms with E-state index in [0.29, 0.717) is 11.3 Å². The van der Waals surface area contributed by atoms with E-state index < -0.39 is 0 Å². The second-order valence-corrected chi connectivity index (χ2v) is 3.15. The number of hydrogen-bond acceptors (Lipinski definition) is 3. The molecule has 3 nitrogen and oxygen atoms in total. The Morgan fingerprint density at radius 2 is 2.00 bits per heavy atom. The van der Waals surface area contributed by atoms with Crippen molar-refractivity contribution in [1.29, 1.82) is 0 Å². The van der Waals surface area contributed by atoms with Crippen molar-refractivity contribution in [2.45, 2.75) is 6.92 Å². The molecule has 0 radical (unpaired) electrons. The van der Waals surface area contributed by atoms with Gasteiger partial charge in [0, 0.05) is 19.7 Å². The standard InChI is InChI=1S/C10H13NO2/c1-7(12)8-4-5-9(11(2)3)10(13)6-8/h4-6,13H,1-3H3. The highest BCUT2D eigenvalue weighted by molar-refractivity contribution is 5.95. The van der Waals surface area contributed by atoms with E-state index in [1.165, 1.54) is 13.0 Å². The highest BCUT2D eigenvalue weighted by atomic mass is 16.3. The van der Waals surface area contributed by atoms with E-state index in [0.717, 1.165) is 0 Å². The fourth-order valence-electron chi connectivity index (χ4n) is 1.12. The molecule has 0 saturated carbocycles. The number of phenols is 1. The lowest BCUT2D eigenvalue weighted by Crippen LogP contribution is -2.09. The van der Waals surface area contributed by atoms with Crippen LogP contribution in [0.2, 0.25) is 0 Å². The summed E-state index contributed by atoms with van der Waals surface area (Å²) in [5.74, 6) is 0.0957. The van der Waals surface area contributed by atoms with E-state index in [1.54, 1.807) is 17.0 Å². The number of Topliss-reactive ketones (excluding diaryl/α,β-unsaturated/α-hetero) is 1. The van der Waals surface area contributed by atoms with Gasteiger partial charge in [0.1, 0.15) is 5.75 Å². The van der Waals surface area contributed by atoms with Gasteiger partial charge in [0.05, 0.1) is 5.69 Å². The van der Waals surface area contributed by atoms with Crippen LogP contribution in [0.15, 0.2) is 18.2 Å². The molecule has 0 fully saturated rings. The van der Waals surface area contributed by atoms with Crippen LogP contribution in [-0.4, -0.2) is 25.0 Å². The Balaban J connectivity index is 3.13. The number of anilines is 1. The second-order valence-electron chi connectivity index (χ2n) is 3.15. The van der Waals surface area contributed by atoms with Gasteiger partial charge >= 0.3 is 0 Å². The predicted octanol–water partition coefficient (Wildman–Crippen LogP) is 1.66. The average molecular weight is 179 g/mol. The first-order valence-electron chi connectivity index (χ1n) is 4.03. The zero-order chi connectivity index (χ0) is 10.0. The van der Waals surface area contributed by atoms with Crippen LogP contribution in [0.4, 0.5) is 5.69 Å². The fraction of sp³-hybridized carbons (Fsp3) is 0.300. The summed E-state index contributed by atoms with van der Waals surface area (Å²) in [7, 11) is 3.67. The van der Waals surface area contributed by atoms with Gasteiger partial charge in [-0.05, 0) is 25.1 Å². The van der Waals surface area contributed by atoms with Crippen LogP contribution in [0.25, 0.3) is 0 Å². The first-order valence-corrected chi connectivity index (χ1v) is 4.03. The van der Waals surface area contributed by atoms with Crippen molar-refractivity contribution in [2.24, 2.45) is 0 Å². The largest absolute Gasteiger partial charge is 0.506 e. The average Bonchev–Trinajstić information content (AvgIpc) is 2.03. The minimum absolute atomic E-state index is 0.0411. The summed E-state index contributed by atoms with van der Waals surface area (Å²) in [6.07, 6.45) is 0. The molecule has 0 spiro atoms. The van der Waals surface area contributed by atoms with Crippen LogP contribution < -0.4 is 4.90 Å². The molecule has 1 rings (SSSR count). The van der Waals surface area contributed by atoms with Gasteiger partial charge in [-0.1, -0.05) is 0 Å². The third-order valence-corrected chi connectivity index (χ3v) is 1.86. The van der Waals surface area contributed by atoms with Gasteiger partial charge in [-0.25, -0.2) is 0 Å². The molecule has 1 N–H and O–H groups in total. The minimum atomic E-state index is -0.0411. The lowest BCUT2D eigenvalue weighted by molar-refractivity contribution is 0.101. The zero-order valence-corrected chi connectivity index (χ0v) is 8.03. The van der Waals surface area contributed by atoms with Crippen molar-refractivity contribution in [3.63, 3.8) is 0 Å². The third kappa shape index (κ3) is 1.99. The zero-order valence-electron chi connectivity index (χ0n) is 8.03. The molecule has 0 aromatic heterocycles. The minimum Gasteiger partial charge on any atom is -0.506 e. The van der Waals surface area contributed by atoms with Gasteiger partial charge in [0.15, 0.2) is 5.78 Å². The SMILES string of the molecule is CC(=O)c1ccc(N(C)C)c(O)c1. The maximum absolute atomic E-state index is 11.0. The van der Waals surface area contributed by atoms with E-state index in [2.05, 4.69) is 0 Å². The first kappa shape index (κ1) is 9.58. The molecule has 0 aliphatic rings. The molecule has 0 atom stereocenters. The lowest BCUT2D eigenvalue weighted by atomic mass is 10.1. The van der Waals surface area contributed by atoms with Crippen LogP contribution in [0, 0.1) is 0 Å². The van der Waals surface area contributed by atoms with Crippen molar-refractivity contribution < 1.29 is 9.90 Å². The number of benzene rings is 1. The normalized spacial score (nSPS) is 9.77. The number of aromatic hydroxyl groups is 1. The van der Waals surface area contributed by atoms with Gasteiger partial charge < -0.3 is 10.0 Å². The summed E-state index contributed by atoms with van der Waals surface area (Å²) >= 11 is 0. The number of rotatable bonds is 2. The van der Waals surface area contributed by atoms with Crippen LogP contribution in [-0.2, 0) is 0 Å². The number of hydrogen-bond donors (Lipinski definition) is 1. The third-order valence-electron chi connectivity index (χ3n) is 1.86. The van der Waals surface area contributed by atoms with E-state index in [-0.39, 0.29) is 11.5 Å². The second kappa shape index (κ2) is 3.47. The smallest absolute Gasteiger partial charge is 0.159 e.